The first-order valence-electron chi connectivity index (χ1n) is 5.49. The van der Waals surface area contributed by atoms with E-state index >= 15 is 0 Å². The minimum Gasteiger partial charge on any atom is -0.352 e. The average Bonchev–Trinajstić information content (AvgIpc) is 2.31. The van der Waals surface area contributed by atoms with Gasteiger partial charge < -0.3 is 5.32 Å². The summed E-state index contributed by atoms with van der Waals surface area (Å²) < 4.78 is 38.8. The van der Waals surface area contributed by atoms with E-state index in [4.69, 9.17) is 11.6 Å². The highest BCUT2D eigenvalue weighted by molar-refractivity contribution is 6.20. The number of hydrogen-bond donors (Lipinski definition) is 1. The number of benzene rings is 1. The van der Waals surface area contributed by atoms with Crippen LogP contribution in [0.2, 0.25) is 0 Å². The summed E-state index contributed by atoms with van der Waals surface area (Å²) in [6, 6.07) is 1.63. The van der Waals surface area contributed by atoms with Gasteiger partial charge >= 0.3 is 0 Å². The normalized spacial score (nSPS) is 12.3. The molecular weight excluding hydrogens is 267 g/mol. The van der Waals surface area contributed by atoms with Gasteiger partial charge in [-0.2, -0.15) is 0 Å². The van der Waals surface area contributed by atoms with Crippen LogP contribution in [0, 0.1) is 17.5 Å². The lowest BCUT2D eigenvalue weighted by atomic mass is 10.1. The number of nitrogens with one attached hydrogen (secondary N) is 1. The van der Waals surface area contributed by atoms with E-state index in [9.17, 15) is 18.0 Å². The smallest absolute Gasteiger partial charge is 0.254 e. The number of alkyl halides is 1. The molecule has 0 heterocycles. The van der Waals surface area contributed by atoms with E-state index in [-0.39, 0.29) is 5.38 Å². The van der Waals surface area contributed by atoms with Crippen LogP contribution in [0.25, 0.3) is 0 Å². The van der Waals surface area contributed by atoms with E-state index < -0.39 is 28.9 Å². The Balaban J connectivity index is 2.60. The van der Waals surface area contributed by atoms with Crippen LogP contribution in [0.3, 0.4) is 0 Å². The molecule has 100 valence electrons. The zero-order valence-corrected chi connectivity index (χ0v) is 10.5. The molecule has 0 saturated heterocycles. The third kappa shape index (κ3) is 3.91. The van der Waals surface area contributed by atoms with Gasteiger partial charge in [-0.25, -0.2) is 13.2 Å². The second kappa shape index (κ2) is 6.64. The molecule has 18 heavy (non-hydrogen) atoms. The van der Waals surface area contributed by atoms with Crippen molar-refractivity contribution in [1.82, 2.24) is 5.32 Å². The van der Waals surface area contributed by atoms with Crippen LogP contribution in [-0.4, -0.2) is 17.8 Å². The number of halogens is 4. The zero-order chi connectivity index (χ0) is 13.7. The fourth-order valence-corrected chi connectivity index (χ4v) is 1.54. The summed E-state index contributed by atoms with van der Waals surface area (Å²) in [4.78, 5) is 11.5. The highest BCUT2D eigenvalue weighted by Gasteiger charge is 2.18. The molecule has 0 saturated carbocycles. The topological polar surface area (TPSA) is 29.1 Å². The molecule has 0 radical (unpaired) electrons. The van der Waals surface area contributed by atoms with Crippen molar-refractivity contribution in [3.05, 3.63) is 35.1 Å². The van der Waals surface area contributed by atoms with Crippen molar-refractivity contribution in [3.8, 4) is 0 Å². The third-order valence-corrected chi connectivity index (χ3v) is 2.56. The first kappa shape index (κ1) is 14.8. The van der Waals surface area contributed by atoms with Gasteiger partial charge in [-0.1, -0.05) is 0 Å². The van der Waals surface area contributed by atoms with Crippen LogP contribution in [-0.2, 0) is 0 Å². The Morgan fingerprint density at radius 2 is 2.00 bits per heavy atom. The minimum atomic E-state index is -1.64. The molecule has 6 heteroatoms. The fraction of sp³-hybridized carbons (Fsp3) is 0.417. The molecule has 1 amide bonds. The van der Waals surface area contributed by atoms with Gasteiger partial charge in [0.25, 0.3) is 5.91 Å². The van der Waals surface area contributed by atoms with Crippen molar-refractivity contribution in [2.24, 2.45) is 0 Å². The first-order valence-corrected chi connectivity index (χ1v) is 5.93. The number of carbonyl (C=O) groups is 1. The SMILES string of the molecule is CC(Cl)CCCNC(=O)c1ccc(F)c(F)c1F. The molecule has 1 unspecified atom stereocenters. The van der Waals surface area contributed by atoms with Gasteiger partial charge in [0.15, 0.2) is 17.5 Å². The van der Waals surface area contributed by atoms with E-state index in [1.165, 1.54) is 0 Å². The van der Waals surface area contributed by atoms with Crippen molar-refractivity contribution < 1.29 is 18.0 Å². The maximum atomic E-state index is 13.3. The third-order valence-electron chi connectivity index (χ3n) is 2.34. The summed E-state index contributed by atoms with van der Waals surface area (Å²) in [5, 5.41) is 2.40. The second-order valence-corrected chi connectivity index (χ2v) is 4.65. The highest BCUT2D eigenvalue weighted by Crippen LogP contribution is 2.15. The Morgan fingerprint density at radius 1 is 1.33 bits per heavy atom. The Bertz CT molecular complexity index is 438. The van der Waals surface area contributed by atoms with Crippen molar-refractivity contribution in [3.63, 3.8) is 0 Å². The zero-order valence-electron chi connectivity index (χ0n) is 9.77. The molecule has 1 atom stereocenters. The summed E-state index contributed by atoms with van der Waals surface area (Å²) in [6.07, 6.45) is 1.32. The maximum Gasteiger partial charge on any atom is 0.254 e. The van der Waals surface area contributed by atoms with Gasteiger partial charge in [-0.05, 0) is 31.9 Å². The van der Waals surface area contributed by atoms with Crippen LogP contribution in [0.4, 0.5) is 13.2 Å². The quantitative estimate of drug-likeness (QED) is 0.500. The van der Waals surface area contributed by atoms with E-state index in [2.05, 4.69) is 5.32 Å². The molecule has 0 aliphatic carbocycles. The van der Waals surface area contributed by atoms with Gasteiger partial charge in [0, 0.05) is 11.9 Å². The van der Waals surface area contributed by atoms with Crippen LogP contribution < -0.4 is 5.32 Å². The molecule has 0 bridgehead atoms. The number of amides is 1. The van der Waals surface area contributed by atoms with E-state index in [1.807, 2.05) is 6.92 Å². The lowest BCUT2D eigenvalue weighted by molar-refractivity contribution is 0.0947. The Hall–Kier alpha value is -1.23. The maximum absolute atomic E-state index is 13.3. The van der Waals surface area contributed by atoms with Crippen molar-refractivity contribution in [2.45, 2.75) is 25.1 Å². The number of hydrogen-bond acceptors (Lipinski definition) is 1. The Kier molecular flexibility index (Phi) is 5.47. The summed E-state index contributed by atoms with van der Waals surface area (Å²) >= 11 is 5.71. The number of carbonyl (C=O) groups excluding carboxylic acids is 1. The van der Waals surface area contributed by atoms with E-state index in [0.29, 0.717) is 25.5 Å². The molecule has 1 rings (SSSR count). The number of rotatable bonds is 5. The van der Waals surface area contributed by atoms with Gasteiger partial charge in [-0.15, -0.1) is 11.6 Å². The molecule has 0 aliphatic heterocycles. The largest absolute Gasteiger partial charge is 0.352 e. The second-order valence-electron chi connectivity index (χ2n) is 3.90. The lowest BCUT2D eigenvalue weighted by Crippen LogP contribution is -2.26. The summed E-state index contributed by atoms with van der Waals surface area (Å²) in [6.45, 7) is 2.12. The van der Waals surface area contributed by atoms with Gasteiger partial charge in [-0.3, -0.25) is 4.79 Å². The molecular formula is C12H13ClF3NO. The van der Waals surface area contributed by atoms with Gasteiger partial charge in [0.1, 0.15) is 0 Å². The molecule has 2 nitrogen and oxygen atoms in total. The standard InChI is InChI=1S/C12H13ClF3NO/c1-7(13)3-2-6-17-12(18)8-4-5-9(14)11(16)10(8)15/h4-5,7H,2-3,6H2,1H3,(H,17,18). The van der Waals surface area contributed by atoms with Gasteiger partial charge in [0.05, 0.1) is 5.56 Å². The minimum absolute atomic E-state index is 0.0121. The molecule has 1 N–H and O–H groups in total. The molecule has 1 aromatic carbocycles. The molecule has 0 aromatic heterocycles. The summed E-state index contributed by atoms with van der Waals surface area (Å²) in [7, 11) is 0. The average molecular weight is 280 g/mol. The van der Waals surface area contributed by atoms with Crippen molar-refractivity contribution in [2.75, 3.05) is 6.54 Å². The fourth-order valence-electron chi connectivity index (χ4n) is 1.38. The molecule has 0 fully saturated rings. The van der Waals surface area contributed by atoms with E-state index in [1.54, 1.807) is 0 Å². The van der Waals surface area contributed by atoms with Crippen molar-refractivity contribution in [1.29, 1.82) is 0 Å². The van der Waals surface area contributed by atoms with Crippen molar-refractivity contribution >= 4 is 17.5 Å². The van der Waals surface area contributed by atoms with Gasteiger partial charge in [0.2, 0.25) is 0 Å². The summed E-state index contributed by atoms with van der Waals surface area (Å²) in [5.74, 6) is -5.20. The Morgan fingerprint density at radius 3 is 2.61 bits per heavy atom. The van der Waals surface area contributed by atoms with Crippen LogP contribution in [0.15, 0.2) is 12.1 Å². The highest BCUT2D eigenvalue weighted by atomic mass is 35.5. The Labute approximate surface area is 108 Å². The predicted molar refractivity (Wildman–Crippen MR) is 63.2 cm³/mol. The van der Waals surface area contributed by atoms with Crippen LogP contribution in [0.1, 0.15) is 30.1 Å². The molecule has 1 aromatic rings. The molecule has 0 aliphatic rings. The van der Waals surface area contributed by atoms with Crippen LogP contribution >= 0.6 is 11.6 Å². The monoisotopic (exact) mass is 279 g/mol. The summed E-state index contributed by atoms with van der Waals surface area (Å²) in [5.41, 5.74) is -0.507. The molecule has 0 spiro atoms. The first-order chi connectivity index (χ1) is 8.43. The predicted octanol–water partition coefficient (Wildman–Crippen LogP) is 3.24. The lowest BCUT2D eigenvalue weighted by Gasteiger charge is -2.07. The van der Waals surface area contributed by atoms with Crippen LogP contribution in [0.5, 0.6) is 0 Å². The van der Waals surface area contributed by atoms with E-state index in [0.717, 1.165) is 6.07 Å².